The van der Waals surface area contributed by atoms with Crippen molar-refractivity contribution < 1.29 is 9.90 Å². The Balaban J connectivity index is 2.78. The predicted molar refractivity (Wildman–Crippen MR) is 86.1 cm³/mol. The molecule has 1 aromatic carbocycles. The van der Waals surface area contributed by atoms with E-state index in [-0.39, 0.29) is 12.5 Å². The summed E-state index contributed by atoms with van der Waals surface area (Å²) in [4.78, 5) is 12.2. The van der Waals surface area contributed by atoms with Gasteiger partial charge in [-0.1, -0.05) is 32.6 Å². The zero-order valence-electron chi connectivity index (χ0n) is 13.4. The lowest BCUT2D eigenvalue weighted by atomic mass is 9.98. The maximum atomic E-state index is 12.2. The summed E-state index contributed by atoms with van der Waals surface area (Å²) in [5.74, 6) is 6.79. The summed E-state index contributed by atoms with van der Waals surface area (Å²) in [6, 6.07) is 5.61. The summed E-state index contributed by atoms with van der Waals surface area (Å²) in [7, 11) is 0. The van der Waals surface area contributed by atoms with Crippen LogP contribution in [0.25, 0.3) is 0 Å². The Morgan fingerprint density at radius 3 is 2.62 bits per heavy atom. The van der Waals surface area contributed by atoms with E-state index in [9.17, 15) is 4.79 Å². The third-order valence-electron chi connectivity index (χ3n) is 3.53. The number of amides is 1. The number of aliphatic hydroxyl groups is 1. The molecule has 0 saturated carbocycles. The Bertz CT molecular complexity index is 538. The van der Waals surface area contributed by atoms with Crippen molar-refractivity contribution in [3.05, 3.63) is 34.9 Å². The topological polar surface area (TPSA) is 49.3 Å². The molecule has 1 aromatic rings. The van der Waals surface area contributed by atoms with E-state index in [1.54, 1.807) is 6.07 Å². The first-order valence-electron chi connectivity index (χ1n) is 7.43. The molecule has 0 fully saturated rings. The summed E-state index contributed by atoms with van der Waals surface area (Å²) in [5.41, 5.74) is 2.46. The van der Waals surface area contributed by atoms with E-state index in [2.05, 4.69) is 37.9 Å². The van der Waals surface area contributed by atoms with Crippen molar-refractivity contribution in [2.45, 2.75) is 34.1 Å². The molecule has 0 saturated heterocycles. The summed E-state index contributed by atoms with van der Waals surface area (Å²) in [5, 5.41) is 11.7. The summed E-state index contributed by atoms with van der Waals surface area (Å²) >= 11 is 0. The van der Waals surface area contributed by atoms with E-state index >= 15 is 0 Å². The minimum atomic E-state index is -0.0589. The average Bonchev–Trinajstić information content (AvgIpc) is 2.43. The van der Waals surface area contributed by atoms with Crippen LogP contribution in [0, 0.1) is 30.6 Å². The molecule has 3 heteroatoms. The standard InChI is InChI=1S/C18H25NO2/c1-13(2)15(4)12-19-18(21)17-10-14(3)9-16(11-17)7-5-6-8-20/h9-11,13,15,20H,6,8,12H2,1-4H3,(H,19,21). The van der Waals surface area contributed by atoms with Gasteiger partial charge < -0.3 is 10.4 Å². The van der Waals surface area contributed by atoms with Gasteiger partial charge in [0.25, 0.3) is 5.91 Å². The maximum Gasteiger partial charge on any atom is 0.251 e. The largest absolute Gasteiger partial charge is 0.395 e. The number of hydrogen-bond donors (Lipinski definition) is 2. The molecule has 2 N–H and O–H groups in total. The summed E-state index contributed by atoms with van der Waals surface area (Å²) < 4.78 is 0. The fraction of sp³-hybridized carbons (Fsp3) is 0.500. The minimum Gasteiger partial charge on any atom is -0.395 e. The number of aryl methyl sites for hydroxylation is 1. The first-order valence-corrected chi connectivity index (χ1v) is 7.43. The normalized spacial score (nSPS) is 11.7. The number of aliphatic hydroxyl groups excluding tert-OH is 1. The monoisotopic (exact) mass is 287 g/mol. The number of carbonyl (C=O) groups excluding carboxylic acids is 1. The van der Waals surface area contributed by atoms with Crippen molar-refractivity contribution in [2.24, 2.45) is 11.8 Å². The average molecular weight is 287 g/mol. The molecule has 1 amide bonds. The van der Waals surface area contributed by atoms with Crippen LogP contribution < -0.4 is 5.32 Å². The Morgan fingerprint density at radius 1 is 1.29 bits per heavy atom. The predicted octanol–water partition coefficient (Wildman–Crippen LogP) is 2.75. The van der Waals surface area contributed by atoms with Gasteiger partial charge in [-0.15, -0.1) is 0 Å². The van der Waals surface area contributed by atoms with Crippen LogP contribution in [0.15, 0.2) is 18.2 Å². The molecule has 0 aliphatic heterocycles. The maximum absolute atomic E-state index is 12.2. The van der Waals surface area contributed by atoms with Crippen LogP contribution in [-0.4, -0.2) is 24.2 Å². The van der Waals surface area contributed by atoms with Crippen molar-refractivity contribution in [2.75, 3.05) is 13.2 Å². The van der Waals surface area contributed by atoms with Crippen molar-refractivity contribution in [3.8, 4) is 11.8 Å². The molecule has 0 spiro atoms. The zero-order valence-corrected chi connectivity index (χ0v) is 13.4. The number of rotatable bonds is 5. The molecule has 0 heterocycles. The highest BCUT2D eigenvalue weighted by Crippen LogP contribution is 2.11. The highest BCUT2D eigenvalue weighted by Gasteiger charge is 2.11. The van der Waals surface area contributed by atoms with E-state index in [0.29, 0.717) is 30.4 Å². The molecule has 0 bridgehead atoms. The number of nitrogens with one attached hydrogen (secondary N) is 1. The molecular formula is C18H25NO2. The van der Waals surface area contributed by atoms with Crippen LogP contribution in [0.1, 0.15) is 48.7 Å². The van der Waals surface area contributed by atoms with E-state index in [0.717, 1.165) is 11.1 Å². The van der Waals surface area contributed by atoms with Crippen LogP contribution in [0.4, 0.5) is 0 Å². The first kappa shape index (κ1) is 17.3. The molecule has 0 aliphatic carbocycles. The van der Waals surface area contributed by atoms with Crippen molar-refractivity contribution in [3.63, 3.8) is 0 Å². The second-order valence-corrected chi connectivity index (χ2v) is 5.79. The quantitative estimate of drug-likeness (QED) is 0.818. The van der Waals surface area contributed by atoms with E-state index in [4.69, 9.17) is 5.11 Å². The molecule has 114 valence electrons. The van der Waals surface area contributed by atoms with E-state index < -0.39 is 0 Å². The lowest BCUT2D eigenvalue weighted by Crippen LogP contribution is -2.30. The van der Waals surface area contributed by atoms with Gasteiger partial charge in [-0.25, -0.2) is 0 Å². The lowest BCUT2D eigenvalue weighted by Gasteiger charge is -2.16. The summed E-state index contributed by atoms with van der Waals surface area (Å²) in [6.07, 6.45) is 0.446. The van der Waals surface area contributed by atoms with Gasteiger partial charge in [-0.05, 0) is 42.5 Å². The number of benzene rings is 1. The molecule has 3 nitrogen and oxygen atoms in total. The van der Waals surface area contributed by atoms with Crippen molar-refractivity contribution in [1.82, 2.24) is 5.32 Å². The molecule has 21 heavy (non-hydrogen) atoms. The van der Waals surface area contributed by atoms with Gasteiger partial charge in [0.05, 0.1) is 6.61 Å². The Hall–Kier alpha value is -1.79. The van der Waals surface area contributed by atoms with Gasteiger partial charge in [0, 0.05) is 24.1 Å². The Morgan fingerprint density at radius 2 is 2.00 bits per heavy atom. The third kappa shape index (κ3) is 6.01. The second kappa shape index (κ2) is 8.49. The number of hydrogen-bond acceptors (Lipinski definition) is 2. The van der Waals surface area contributed by atoms with Crippen LogP contribution in [-0.2, 0) is 0 Å². The van der Waals surface area contributed by atoms with Crippen LogP contribution in [0.2, 0.25) is 0 Å². The molecule has 1 unspecified atom stereocenters. The molecule has 0 aromatic heterocycles. The van der Waals surface area contributed by atoms with Gasteiger partial charge in [0.2, 0.25) is 0 Å². The molecule has 0 radical (unpaired) electrons. The van der Waals surface area contributed by atoms with Crippen molar-refractivity contribution in [1.29, 1.82) is 0 Å². The zero-order chi connectivity index (χ0) is 15.8. The minimum absolute atomic E-state index is 0.0548. The van der Waals surface area contributed by atoms with E-state index in [1.807, 2.05) is 19.1 Å². The molecule has 1 rings (SSSR count). The molecule has 1 atom stereocenters. The van der Waals surface area contributed by atoms with Crippen LogP contribution >= 0.6 is 0 Å². The smallest absolute Gasteiger partial charge is 0.251 e. The Kier molecular flexibility index (Phi) is 6.98. The highest BCUT2D eigenvalue weighted by atomic mass is 16.2. The Labute approximate surface area is 127 Å². The van der Waals surface area contributed by atoms with Gasteiger partial charge in [-0.2, -0.15) is 0 Å². The van der Waals surface area contributed by atoms with Crippen LogP contribution in [0.3, 0.4) is 0 Å². The van der Waals surface area contributed by atoms with Gasteiger partial charge in [-0.3, -0.25) is 4.79 Å². The number of carbonyl (C=O) groups is 1. The van der Waals surface area contributed by atoms with Crippen molar-refractivity contribution >= 4 is 5.91 Å². The summed E-state index contributed by atoms with van der Waals surface area (Å²) in [6.45, 7) is 9.11. The molecule has 0 aliphatic rings. The van der Waals surface area contributed by atoms with Gasteiger partial charge in [0.15, 0.2) is 0 Å². The van der Waals surface area contributed by atoms with E-state index in [1.165, 1.54) is 0 Å². The fourth-order valence-corrected chi connectivity index (χ4v) is 1.80. The molecular weight excluding hydrogens is 262 g/mol. The highest BCUT2D eigenvalue weighted by molar-refractivity contribution is 5.94. The second-order valence-electron chi connectivity index (χ2n) is 5.79. The fourth-order valence-electron chi connectivity index (χ4n) is 1.80. The SMILES string of the molecule is Cc1cc(C#CCCO)cc(C(=O)NCC(C)C(C)C)c1. The van der Waals surface area contributed by atoms with Gasteiger partial charge in [0.1, 0.15) is 0 Å². The third-order valence-corrected chi connectivity index (χ3v) is 3.53. The lowest BCUT2D eigenvalue weighted by molar-refractivity contribution is 0.0945. The first-order chi connectivity index (χ1) is 9.93. The van der Waals surface area contributed by atoms with Gasteiger partial charge >= 0.3 is 0 Å². The van der Waals surface area contributed by atoms with Crippen LogP contribution in [0.5, 0.6) is 0 Å².